The maximum Gasteiger partial charge on any atom is 0.339 e. The quantitative estimate of drug-likeness (QED) is 0.135. The molecule has 0 atom stereocenters. The summed E-state index contributed by atoms with van der Waals surface area (Å²) in [7, 11) is 1.48. The molecule has 1 heterocycles. The van der Waals surface area contributed by atoms with Crippen LogP contribution < -0.4 is 20.8 Å². The van der Waals surface area contributed by atoms with Gasteiger partial charge in [0.1, 0.15) is 29.5 Å². The normalized spacial score (nSPS) is 12.0. The van der Waals surface area contributed by atoms with Crippen molar-refractivity contribution in [3.05, 3.63) is 76.3 Å². The largest absolute Gasteiger partial charge is 0.507 e. The highest BCUT2D eigenvalue weighted by molar-refractivity contribution is 6.31. The van der Waals surface area contributed by atoms with Gasteiger partial charge in [-0.1, -0.05) is 53.1 Å². The Balaban J connectivity index is 1.58. The van der Waals surface area contributed by atoms with E-state index >= 15 is 0 Å². The Hall–Kier alpha value is -4.44. The average molecular weight is 593 g/mol. The van der Waals surface area contributed by atoms with Crippen LogP contribution in [-0.4, -0.2) is 34.4 Å². The summed E-state index contributed by atoms with van der Waals surface area (Å²) >= 11 is 5.92. The Bertz CT molecular complexity index is 1640. The molecule has 0 saturated heterocycles. The van der Waals surface area contributed by atoms with E-state index in [1.807, 2.05) is 53.7 Å². The molecule has 4 aromatic rings. The van der Waals surface area contributed by atoms with Crippen molar-refractivity contribution in [1.29, 1.82) is 0 Å². The van der Waals surface area contributed by atoms with Crippen molar-refractivity contribution >= 4 is 51.9 Å². The number of aromatic hydroxyl groups is 1. The number of carbonyl (C=O) groups excluding carboxylic acids is 1. The van der Waals surface area contributed by atoms with Gasteiger partial charge in [0, 0.05) is 28.3 Å². The summed E-state index contributed by atoms with van der Waals surface area (Å²) in [6.45, 7) is 12.2. The first-order valence-corrected chi connectivity index (χ1v) is 13.6. The number of ether oxygens (including phenoxy) is 1. The minimum absolute atomic E-state index is 0.0313. The van der Waals surface area contributed by atoms with Gasteiger partial charge in [0.15, 0.2) is 0 Å². The second kappa shape index (κ2) is 11.8. The highest BCUT2D eigenvalue weighted by Gasteiger charge is 2.26. The molecule has 9 nitrogen and oxygen atoms in total. The summed E-state index contributed by atoms with van der Waals surface area (Å²) < 4.78 is 19.1. The fraction of sp³-hybridized carbons (Fsp3) is 0.290. The summed E-state index contributed by atoms with van der Waals surface area (Å²) in [5.41, 5.74) is 5.62. The molecule has 1 aromatic heterocycles. The number of methoxy groups -OCH3 is 1. The second-order valence-electron chi connectivity index (χ2n) is 11.8. The summed E-state index contributed by atoms with van der Waals surface area (Å²) in [4.78, 5) is 21.4. The van der Waals surface area contributed by atoms with Crippen LogP contribution in [0.3, 0.4) is 0 Å². The molecule has 11 heteroatoms. The summed E-state index contributed by atoms with van der Waals surface area (Å²) in [6.07, 6.45) is 2.91. The zero-order chi connectivity index (χ0) is 30.8. The van der Waals surface area contributed by atoms with Crippen molar-refractivity contribution in [2.75, 3.05) is 17.7 Å². The lowest BCUT2D eigenvalue weighted by molar-refractivity contribution is 0.252. The van der Waals surface area contributed by atoms with Crippen LogP contribution in [0.25, 0.3) is 10.9 Å². The number of carbonyl (C=O) groups is 1. The molecule has 2 amide bonds. The first kappa shape index (κ1) is 30.5. The Labute approximate surface area is 249 Å². The van der Waals surface area contributed by atoms with E-state index in [9.17, 15) is 14.3 Å². The number of hydrazone groups is 1. The summed E-state index contributed by atoms with van der Waals surface area (Å²) in [5, 5.41) is 21.5. The molecule has 0 bridgehead atoms. The smallest absolute Gasteiger partial charge is 0.339 e. The van der Waals surface area contributed by atoms with Gasteiger partial charge in [-0.05, 0) is 52.8 Å². The number of phenolic OH excluding ortho intramolecular Hbond substituents is 1. The fourth-order valence-corrected chi connectivity index (χ4v) is 4.53. The minimum atomic E-state index is -0.605. The third-order valence-electron chi connectivity index (χ3n) is 6.52. The van der Waals surface area contributed by atoms with Crippen molar-refractivity contribution in [2.45, 2.75) is 52.4 Å². The van der Waals surface area contributed by atoms with E-state index in [0.29, 0.717) is 33.8 Å². The molecule has 4 N–H and O–H groups in total. The van der Waals surface area contributed by atoms with E-state index < -0.39 is 11.8 Å². The lowest BCUT2D eigenvalue weighted by atomic mass is 9.78. The number of nitrogens with one attached hydrogen (secondary N) is 3. The highest BCUT2D eigenvalue weighted by atomic mass is 35.5. The zero-order valence-electron chi connectivity index (χ0n) is 24.6. The number of fused-ring (bicyclic) bond motifs is 1. The monoisotopic (exact) mass is 592 g/mol. The molecule has 220 valence electrons. The first-order chi connectivity index (χ1) is 19.7. The molecule has 0 radical (unpaired) electrons. The van der Waals surface area contributed by atoms with Crippen LogP contribution in [0.4, 0.5) is 26.4 Å². The van der Waals surface area contributed by atoms with Gasteiger partial charge in [-0.15, -0.1) is 0 Å². The van der Waals surface area contributed by atoms with Gasteiger partial charge in [-0.3, -0.25) is 0 Å². The van der Waals surface area contributed by atoms with Gasteiger partial charge in [0.2, 0.25) is 0 Å². The van der Waals surface area contributed by atoms with Crippen molar-refractivity contribution in [1.82, 2.24) is 15.4 Å². The van der Waals surface area contributed by atoms with Gasteiger partial charge in [-0.2, -0.15) is 5.10 Å². The third-order valence-corrected chi connectivity index (χ3v) is 6.80. The average Bonchev–Trinajstić information content (AvgIpc) is 2.90. The number of benzene rings is 3. The number of halogens is 2. The Morgan fingerprint density at radius 1 is 1.02 bits per heavy atom. The molecule has 0 saturated carbocycles. The molecule has 0 spiro atoms. The van der Waals surface area contributed by atoms with E-state index in [1.54, 1.807) is 12.1 Å². The lowest BCUT2D eigenvalue weighted by Gasteiger charge is -2.27. The molecule has 42 heavy (non-hydrogen) atoms. The van der Waals surface area contributed by atoms with Crippen molar-refractivity contribution in [3.8, 4) is 11.5 Å². The van der Waals surface area contributed by atoms with Crippen LogP contribution in [0.1, 0.15) is 58.2 Å². The molecule has 4 rings (SSSR count). The third kappa shape index (κ3) is 6.88. The van der Waals surface area contributed by atoms with E-state index in [-0.39, 0.29) is 21.6 Å². The van der Waals surface area contributed by atoms with Crippen molar-refractivity contribution in [2.24, 2.45) is 5.10 Å². The fourth-order valence-electron chi connectivity index (χ4n) is 4.35. The second-order valence-corrected chi connectivity index (χ2v) is 12.2. The minimum Gasteiger partial charge on any atom is -0.507 e. The molecular weight excluding hydrogens is 559 g/mol. The Morgan fingerprint density at radius 3 is 2.29 bits per heavy atom. The van der Waals surface area contributed by atoms with Crippen LogP contribution >= 0.6 is 11.6 Å². The highest BCUT2D eigenvalue weighted by Crippen LogP contribution is 2.39. The van der Waals surface area contributed by atoms with Crippen molar-refractivity contribution < 1.29 is 19.0 Å². The summed E-state index contributed by atoms with van der Waals surface area (Å²) in [6, 6.07) is 10.7. The molecular formula is C31H34ClFN6O3. The van der Waals surface area contributed by atoms with Gasteiger partial charge in [0.25, 0.3) is 0 Å². The van der Waals surface area contributed by atoms with E-state index in [0.717, 1.165) is 16.7 Å². The first-order valence-electron chi connectivity index (χ1n) is 13.2. The van der Waals surface area contributed by atoms with E-state index in [2.05, 4.69) is 31.1 Å². The van der Waals surface area contributed by atoms with Crippen LogP contribution in [0, 0.1) is 5.82 Å². The Kier molecular flexibility index (Phi) is 8.58. The number of anilines is 3. The lowest BCUT2D eigenvalue weighted by Crippen LogP contribution is -2.24. The zero-order valence-corrected chi connectivity index (χ0v) is 25.3. The number of nitrogens with zero attached hydrogens (tertiary/aromatic N) is 3. The van der Waals surface area contributed by atoms with Crippen LogP contribution in [-0.2, 0) is 10.8 Å². The Morgan fingerprint density at radius 2 is 1.69 bits per heavy atom. The number of phenols is 1. The molecule has 3 aromatic carbocycles. The number of aromatic nitrogens is 2. The number of amides is 2. The van der Waals surface area contributed by atoms with Gasteiger partial charge < -0.3 is 20.5 Å². The molecule has 0 aliphatic heterocycles. The predicted octanol–water partition coefficient (Wildman–Crippen LogP) is 7.63. The molecule has 0 unspecified atom stereocenters. The van der Waals surface area contributed by atoms with Gasteiger partial charge in [0.05, 0.1) is 29.6 Å². The van der Waals surface area contributed by atoms with E-state index in [4.69, 9.17) is 16.3 Å². The number of hydrogen-bond acceptors (Lipinski definition) is 7. The SMILES string of the molecule is COc1cc2ncnc(Nc3ccc(F)c(Cl)c3)c2cc1NC(=O)N/N=C/c1cc(C(C)(C)C)c(O)c(C(C)(C)C)c1. The molecule has 0 aliphatic carbocycles. The number of rotatable bonds is 6. The molecule has 0 fully saturated rings. The number of urea groups is 1. The van der Waals surface area contributed by atoms with Crippen LogP contribution in [0.2, 0.25) is 5.02 Å². The van der Waals surface area contributed by atoms with E-state index in [1.165, 1.54) is 37.9 Å². The molecule has 0 aliphatic rings. The summed E-state index contributed by atoms with van der Waals surface area (Å²) in [5.74, 6) is 0.527. The number of hydrogen-bond donors (Lipinski definition) is 4. The standard InChI is InChI=1S/C31H34ClFN6O3/c1-30(2,3)20-10-17(11-21(27(20)40)31(4,5)6)15-36-39-29(41)38-25-13-19-24(14-26(25)42-7)34-16-35-28(19)37-18-8-9-23(33)22(32)12-18/h8-16,40H,1-7H3,(H,34,35,37)(H2,38,39,41)/b36-15+. The predicted molar refractivity (Wildman–Crippen MR) is 166 cm³/mol. The maximum atomic E-state index is 13.6. The van der Waals surface area contributed by atoms with Crippen LogP contribution in [0.5, 0.6) is 11.5 Å². The van der Waals surface area contributed by atoms with Gasteiger partial charge >= 0.3 is 6.03 Å². The maximum absolute atomic E-state index is 13.6. The van der Waals surface area contributed by atoms with Crippen molar-refractivity contribution in [3.63, 3.8) is 0 Å². The van der Waals surface area contributed by atoms with Crippen LogP contribution in [0.15, 0.2) is 53.9 Å². The topological polar surface area (TPSA) is 121 Å². The van der Waals surface area contributed by atoms with Gasteiger partial charge in [-0.25, -0.2) is 24.6 Å².